The summed E-state index contributed by atoms with van der Waals surface area (Å²) in [6.45, 7) is 0.385. The van der Waals surface area contributed by atoms with Crippen molar-refractivity contribution >= 4 is 5.91 Å². The third-order valence-electron chi connectivity index (χ3n) is 2.63. The molecule has 2 rings (SSSR count). The molecule has 1 N–H and O–H groups in total. The summed E-state index contributed by atoms with van der Waals surface area (Å²) in [5.74, 6) is 2.64. The number of aromatic nitrogens is 1. The number of hydrogen-bond acceptors (Lipinski definition) is 2. The Morgan fingerprint density at radius 2 is 2.10 bits per heavy atom. The molecule has 0 aliphatic carbocycles. The van der Waals surface area contributed by atoms with Gasteiger partial charge in [0, 0.05) is 36.8 Å². The van der Waals surface area contributed by atoms with Crippen LogP contribution in [0.15, 0.2) is 42.6 Å². The number of carbonyl (C=O) groups excluding carboxylic acids is 1. The summed E-state index contributed by atoms with van der Waals surface area (Å²) in [6.07, 6.45) is 2.26. The van der Waals surface area contributed by atoms with Crippen molar-refractivity contribution in [3.63, 3.8) is 0 Å². The highest BCUT2D eigenvalue weighted by Crippen LogP contribution is 2.07. The van der Waals surface area contributed by atoms with E-state index in [0.29, 0.717) is 13.0 Å². The molecule has 0 bridgehead atoms. The Morgan fingerprint density at radius 3 is 2.81 bits per heavy atom. The fourth-order valence-corrected chi connectivity index (χ4v) is 1.61. The van der Waals surface area contributed by atoms with E-state index < -0.39 is 17.5 Å². The van der Waals surface area contributed by atoms with E-state index in [-0.39, 0.29) is 5.56 Å². The highest BCUT2D eigenvalue weighted by molar-refractivity contribution is 5.94. The number of nitrogens with zero attached hydrogens (tertiary/aromatic N) is 1. The summed E-state index contributed by atoms with van der Waals surface area (Å²) < 4.78 is 26.0. The van der Waals surface area contributed by atoms with Crippen LogP contribution in [0.3, 0.4) is 0 Å². The normalized spacial score (nSPS) is 9.62. The van der Waals surface area contributed by atoms with Gasteiger partial charge in [-0.25, -0.2) is 8.78 Å². The van der Waals surface area contributed by atoms with Crippen LogP contribution in [0.5, 0.6) is 0 Å². The van der Waals surface area contributed by atoms with E-state index in [1.807, 2.05) is 18.2 Å². The number of nitrogens with one attached hydrogen (secondary N) is 1. The molecule has 1 heterocycles. The molecule has 1 aromatic heterocycles. The Kier molecular flexibility index (Phi) is 4.99. The number of pyridine rings is 1. The number of amides is 1. The number of carbonyl (C=O) groups is 1. The molecule has 0 spiro atoms. The monoisotopic (exact) mass is 286 g/mol. The van der Waals surface area contributed by atoms with Gasteiger partial charge in [-0.1, -0.05) is 12.0 Å². The van der Waals surface area contributed by atoms with Crippen molar-refractivity contribution in [1.82, 2.24) is 10.3 Å². The van der Waals surface area contributed by atoms with Crippen LogP contribution in [-0.4, -0.2) is 17.4 Å². The van der Waals surface area contributed by atoms with Gasteiger partial charge in [0.15, 0.2) is 0 Å². The van der Waals surface area contributed by atoms with E-state index in [1.54, 1.807) is 6.20 Å². The van der Waals surface area contributed by atoms with Gasteiger partial charge in [-0.05, 0) is 24.3 Å². The smallest absolute Gasteiger partial charge is 0.296 e. The Balaban J connectivity index is 1.86. The minimum atomic E-state index is -0.788. The van der Waals surface area contributed by atoms with Gasteiger partial charge in [-0.2, -0.15) is 0 Å². The Morgan fingerprint density at radius 1 is 1.24 bits per heavy atom. The van der Waals surface area contributed by atoms with Crippen LogP contribution in [0.25, 0.3) is 0 Å². The number of halogens is 2. The maximum Gasteiger partial charge on any atom is 0.296 e. The average Bonchev–Trinajstić information content (AvgIpc) is 2.47. The lowest BCUT2D eigenvalue weighted by atomic mass is 10.2. The summed E-state index contributed by atoms with van der Waals surface area (Å²) in [7, 11) is 0. The fourth-order valence-electron chi connectivity index (χ4n) is 1.61. The van der Waals surface area contributed by atoms with Crippen molar-refractivity contribution in [1.29, 1.82) is 0 Å². The van der Waals surface area contributed by atoms with E-state index in [4.69, 9.17) is 0 Å². The minimum absolute atomic E-state index is 0.0173. The molecular weight excluding hydrogens is 274 g/mol. The molecule has 5 heteroatoms. The lowest BCUT2D eigenvalue weighted by Gasteiger charge is -2.00. The zero-order chi connectivity index (χ0) is 15.1. The predicted octanol–water partition coefficient (Wildman–Crippen LogP) is 2.07. The molecule has 0 unspecified atom stereocenters. The second-order valence-electron chi connectivity index (χ2n) is 4.20. The van der Waals surface area contributed by atoms with Crippen molar-refractivity contribution in [3.05, 3.63) is 65.5 Å². The molecule has 21 heavy (non-hydrogen) atoms. The molecule has 0 saturated carbocycles. The van der Waals surface area contributed by atoms with Gasteiger partial charge >= 0.3 is 0 Å². The van der Waals surface area contributed by atoms with E-state index in [9.17, 15) is 13.6 Å². The van der Waals surface area contributed by atoms with E-state index in [0.717, 1.165) is 17.8 Å². The summed E-state index contributed by atoms with van der Waals surface area (Å²) in [5.41, 5.74) is 0.839. The number of hydrogen-bond donors (Lipinski definition) is 1. The molecule has 106 valence electrons. The highest BCUT2D eigenvalue weighted by Gasteiger charge is 2.01. The van der Waals surface area contributed by atoms with Gasteiger partial charge in [-0.3, -0.25) is 9.78 Å². The standard InChI is InChI=1S/C16H12F2N2O/c17-13-6-4-12(15(18)11-13)5-7-16(21)20-10-8-14-3-1-2-9-19-14/h1-4,6,9,11H,8,10H2,(H,20,21). The third-order valence-corrected chi connectivity index (χ3v) is 2.63. The van der Waals surface area contributed by atoms with Gasteiger partial charge in [-0.15, -0.1) is 0 Å². The molecule has 0 aliphatic heterocycles. The average molecular weight is 286 g/mol. The van der Waals surface area contributed by atoms with E-state index >= 15 is 0 Å². The van der Waals surface area contributed by atoms with Crippen molar-refractivity contribution in [2.24, 2.45) is 0 Å². The third kappa shape index (κ3) is 4.69. The first-order valence-corrected chi connectivity index (χ1v) is 6.30. The van der Waals surface area contributed by atoms with E-state index in [1.165, 1.54) is 6.07 Å². The maximum atomic E-state index is 13.3. The van der Waals surface area contributed by atoms with E-state index in [2.05, 4.69) is 22.1 Å². The van der Waals surface area contributed by atoms with Gasteiger partial charge in [0.1, 0.15) is 11.6 Å². The summed E-state index contributed by atoms with van der Waals surface area (Å²) >= 11 is 0. The molecule has 2 aromatic rings. The number of rotatable bonds is 3. The SMILES string of the molecule is O=C(C#Cc1ccc(F)cc1F)NCCc1ccccn1. The molecule has 0 saturated heterocycles. The topological polar surface area (TPSA) is 42.0 Å². The highest BCUT2D eigenvalue weighted by atomic mass is 19.1. The first kappa shape index (κ1) is 14.7. The molecule has 1 amide bonds. The van der Waals surface area contributed by atoms with Crippen LogP contribution in [0, 0.1) is 23.5 Å². The Labute approximate surface area is 121 Å². The predicted molar refractivity (Wildman–Crippen MR) is 74.2 cm³/mol. The Bertz CT molecular complexity index is 690. The van der Waals surface area contributed by atoms with Crippen molar-refractivity contribution in [2.75, 3.05) is 6.54 Å². The number of benzene rings is 1. The first-order valence-electron chi connectivity index (χ1n) is 6.30. The maximum absolute atomic E-state index is 13.3. The van der Waals surface area contributed by atoms with Gasteiger partial charge in [0.05, 0.1) is 5.56 Å². The fraction of sp³-hybridized carbons (Fsp3) is 0.125. The van der Waals surface area contributed by atoms with Crippen LogP contribution in [0.4, 0.5) is 8.78 Å². The summed E-state index contributed by atoms with van der Waals surface area (Å²) in [5, 5.41) is 2.58. The molecule has 0 aliphatic rings. The molecule has 3 nitrogen and oxygen atoms in total. The summed E-state index contributed by atoms with van der Waals surface area (Å²) in [6, 6.07) is 8.53. The van der Waals surface area contributed by atoms with Gasteiger partial charge in [0.2, 0.25) is 0 Å². The quantitative estimate of drug-likeness (QED) is 0.878. The molecular formula is C16H12F2N2O. The van der Waals surface area contributed by atoms with Crippen molar-refractivity contribution in [2.45, 2.75) is 6.42 Å². The first-order chi connectivity index (χ1) is 10.1. The molecule has 1 aromatic carbocycles. The zero-order valence-corrected chi connectivity index (χ0v) is 11.1. The van der Waals surface area contributed by atoms with Crippen molar-refractivity contribution in [3.8, 4) is 11.8 Å². The molecule has 0 atom stereocenters. The van der Waals surface area contributed by atoms with Crippen LogP contribution in [-0.2, 0) is 11.2 Å². The van der Waals surface area contributed by atoms with Gasteiger partial charge in [0.25, 0.3) is 5.91 Å². The second kappa shape index (κ2) is 7.15. The lowest BCUT2D eigenvalue weighted by molar-refractivity contribution is -0.115. The molecule has 0 fully saturated rings. The Hall–Kier alpha value is -2.74. The minimum Gasteiger partial charge on any atom is -0.345 e. The second-order valence-corrected chi connectivity index (χ2v) is 4.20. The summed E-state index contributed by atoms with van der Waals surface area (Å²) in [4.78, 5) is 15.6. The largest absolute Gasteiger partial charge is 0.345 e. The van der Waals surface area contributed by atoms with Crippen LogP contribution in [0.2, 0.25) is 0 Å². The van der Waals surface area contributed by atoms with Crippen LogP contribution >= 0.6 is 0 Å². The lowest BCUT2D eigenvalue weighted by Crippen LogP contribution is -2.24. The van der Waals surface area contributed by atoms with Crippen molar-refractivity contribution < 1.29 is 13.6 Å². The van der Waals surface area contributed by atoms with Gasteiger partial charge < -0.3 is 5.32 Å². The van der Waals surface area contributed by atoms with Crippen LogP contribution in [0.1, 0.15) is 11.3 Å². The van der Waals surface area contributed by atoms with Crippen LogP contribution < -0.4 is 5.32 Å². The molecule has 0 radical (unpaired) electrons. The zero-order valence-electron chi connectivity index (χ0n) is 11.1.